The summed E-state index contributed by atoms with van der Waals surface area (Å²) in [6.45, 7) is 0.317. The van der Waals surface area contributed by atoms with Crippen molar-refractivity contribution in [2.24, 2.45) is 0 Å². The molecule has 35 heavy (non-hydrogen) atoms. The second-order valence-electron chi connectivity index (χ2n) is 7.52. The van der Waals surface area contributed by atoms with Crippen LogP contribution < -0.4 is 15.4 Å². The molecule has 0 saturated heterocycles. The van der Waals surface area contributed by atoms with Crippen LogP contribution >= 0.6 is 0 Å². The molecule has 2 aromatic heterocycles. The Labute approximate surface area is 200 Å². The highest BCUT2D eigenvalue weighted by atomic mass is 33.2. The summed E-state index contributed by atoms with van der Waals surface area (Å²) in [4.78, 5) is 4.40. The van der Waals surface area contributed by atoms with Gasteiger partial charge >= 0.3 is 18.1 Å². The van der Waals surface area contributed by atoms with Crippen LogP contribution in [0, 0.1) is 5.82 Å². The van der Waals surface area contributed by atoms with Gasteiger partial charge in [0.2, 0.25) is 0 Å². The molecular weight excluding hydrogens is 499 g/mol. The van der Waals surface area contributed by atoms with Crippen LogP contribution in [0.3, 0.4) is 0 Å². The second-order valence-corrected chi connectivity index (χ2v) is 12.8. The second kappa shape index (κ2) is 9.44. The van der Waals surface area contributed by atoms with E-state index in [1.807, 2.05) is 0 Å². The summed E-state index contributed by atoms with van der Waals surface area (Å²) < 4.78 is 65.5. The van der Waals surface area contributed by atoms with Crippen LogP contribution in [0.2, 0.25) is 0 Å². The lowest BCUT2D eigenvalue weighted by Gasteiger charge is -2.17. The first-order valence-corrected chi connectivity index (χ1v) is 13.5. The number of hydrogen-bond donors (Lipinski definition) is 4. The van der Waals surface area contributed by atoms with Gasteiger partial charge < -0.3 is 10.6 Å². The normalized spacial score (nSPS) is 12.1. The van der Waals surface area contributed by atoms with Gasteiger partial charge in [-0.25, -0.2) is 9.37 Å². The highest BCUT2D eigenvalue weighted by molar-refractivity contribution is 8.66. The van der Waals surface area contributed by atoms with E-state index in [4.69, 9.17) is 0 Å². The summed E-state index contributed by atoms with van der Waals surface area (Å²) in [6, 6.07) is 13.8. The number of nitrogens with one attached hydrogen (secondary N) is 4. The van der Waals surface area contributed by atoms with E-state index in [0.717, 1.165) is 19.7 Å². The lowest BCUT2D eigenvalue weighted by molar-refractivity contribution is 0.528. The molecule has 0 bridgehead atoms. The predicted octanol–water partition coefficient (Wildman–Crippen LogP) is 2.40. The van der Waals surface area contributed by atoms with Crippen LogP contribution in [-0.2, 0) is 24.7 Å². The van der Waals surface area contributed by atoms with Crippen LogP contribution in [0.1, 0.15) is 5.56 Å². The lowest BCUT2D eigenvalue weighted by Crippen LogP contribution is -2.34. The first-order chi connectivity index (χ1) is 16.5. The van der Waals surface area contributed by atoms with E-state index in [2.05, 4.69) is 35.8 Å². The zero-order chi connectivity index (χ0) is 25.2. The minimum atomic E-state index is -4.84. The van der Waals surface area contributed by atoms with Crippen molar-refractivity contribution in [1.29, 1.82) is 0 Å². The van der Waals surface area contributed by atoms with Crippen molar-refractivity contribution in [2.45, 2.75) is 6.54 Å². The number of aromatic nitrogens is 4. The molecule has 15 heteroatoms. The van der Waals surface area contributed by atoms with E-state index in [9.17, 15) is 21.2 Å². The summed E-state index contributed by atoms with van der Waals surface area (Å²) in [5, 5.41) is 16.5. The number of halogens is 1. The number of benzene rings is 2. The van der Waals surface area contributed by atoms with Crippen LogP contribution in [0.4, 0.5) is 27.4 Å². The van der Waals surface area contributed by atoms with Gasteiger partial charge in [-0.1, -0.05) is 12.1 Å². The van der Waals surface area contributed by atoms with Crippen molar-refractivity contribution in [2.75, 3.05) is 29.5 Å². The maximum absolute atomic E-state index is 13.1. The molecule has 0 aliphatic carbocycles. The highest BCUT2D eigenvalue weighted by Gasteiger charge is 2.33. The number of pyridine rings is 1. The maximum atomic E-state index is 13.1. The number of hydrogen-bond acceptors (Lipinski definition) is 9. The molecule has 2 aromatic carbocycles. The summed E-state index contributed by atoms with van der Waals surface area (Å²) in [5.74, 6) is 0.0407. The van der Waals surface area contributed by atoms with Gasteiger partial charge in [0.15, 0.2) is 5.82 Å². The van der Waals surface area contributed by atoms with Crippen LogP contribution in [0.5, 0.6) is 0 Å². The summed E-state index contributed by atoms with van der Waals surface area (Å²) in [6.07, 6.45) is 0. The molecule has 4 aromatic rings. The van der Waals surface area contributed by atoms with E-state index in [1.165, 1.54) is 24.3 Å². The van der Waals surface area contributed by atoms with E-state index >= 15 is 0 Å². The Morgan fingerprint density at radius 2 is 1.66 bits per heavy atom. The van der Waals surface area contributed by atoms with Crippen LogP contribution in [0.15, 0.2) is 54.6 Å². The van der Waals surface area contributed by atoms with Crippen LogP contribution in [0.25, 0.3) is 11.0 Å². The molecular formula is C20H21FN8O4S2. The lowest BCUT2D eigenvalue weighted by atomic mass is 10.2. The molecule has 0 fully saturated rings. The smallest absolute Gasteiger partial charge is 0.353 e. The Morgan fingerprint density at radius 1 is 0.943 bits per heavy atom. The van der Waals surface area contributed by atoms with Crippen molar-refractivity contribution < 1.29 is 21.2 Å². The number of rotatable bonds is 9. The number of anilines is 4. The van der Waals surface area contributed by atoms with Gasteiger partial charge in [0, 0.05) is 26.3 Å². The van der Waals surface area contributed by atoms with Gasteiger partial charge in [-0.15, -0.1) is 0 Å². The van der Waals surface area contributed by atoms with E-state index in [0.29, 0.717) is 33.4 Å². The average molecular weight is 521 g/mol. The highest BCUT2D eigenvalue weighted by Crippen LogP contribution is 2.29. The zero-order valence-electron chi connectivity index (χ0n) is 18.5. The SMILES string of the molecule is CN(C)S(=O)(=O)S(=O)(=O)Nc1ccc(NCc2ccc(F)cc2)nc1Nc1ccc2n[nH]nc2c1. The molecule has 0 radical (unpaired) electrons. The molecule has 4 N–H and O–H groups in total. The molecule has 0 amide bonds. The van der Waals surface area contributed by atoms with E-state index in [1.54, 1.807) is 30.3 Å². The molecule has 0 aliphatic heterocycles. The fourth-order valence-electron chi connectivity index (χ4n) is 2.97. The van der Waals surface area contributed by atoms with E-state index in [-0.39, 0.29) is 17.3 Å². The molecule has 0 unspecified atom stereocenters. The third-order valence-corrected chi connectivity index (χ3v) is 9.55. The first-order valence-electron chi connectivity index (χ1n) is 10.1. The van der Waals surface area contributed by atoms with Crippen molar-refractivity contribution in [3.63, 3.8) is 0 Å². The molecule has 0 spiro atoms. The topological polar surface area (TPSA) is 162 Å². The van der Waals surface area contributed by atoms with Crippen molar-refractivity contribution in [3.05, 3.63) is 66.0 Å². The summed E-state index contributed by atoms with van der Waals surface area (Å²) in [7, 11) is -7.29. The van der Waals surface area contributed by atoms with Gasteiger partial charge in [0.1, 0.15) is 22.7 Å². The van der Waals surface area contributed by atoms with Gasteiger partial charge in [0.05, 0.1) is 5.69 Å². The third kappa shape index (κ3) is 5.31. The predicted molar refractivity (Wildman–Crippen MR) is 130 cm³/mol. The fraction of sp³-hybridized carbons (Fsp3) is 0.150. The number of fused-ring (bicyclic) bond motifs is 1. The van der Waals surface area contributed by atoms with Crippen molar-refractivity contribution in [1.82, 2.24) is 24.7 Å². The Morgan fingerprint density at radius 3 is 2.37 bits per heavy atom. The van der Waals surface area contributed by atoms with Crippen molar-refractivity contribution in [3.8, 4) is 0 Å². The molecule has 4 rings (SSSR count). The van der Waals surface area contributed by atoms with Gasteiger partial charge in [0.25, 0.3) is 0 Å². The monoisotopic (exact) mass is 520 g/mol. The molecule has 2 heterocycles. The number of H-pyrrole nitrogens is 1. The molecule has 184 valence electrons. The maximum Gasteiger partial charge on any atom is 0.353 e. The van der Waals surface area contributed by atoms with Gasteiger partial charge in [-0.05, 0) is 48.0 Å². The largest absolute Gasteiger partial charge is 0.366 e. The quantitative estimate of drug-likeness (QED) is 0.243. The molecule has 12 nitrogen and oxygen atoms in total. The average Bonchev–Trinajstić information content (AvgIpc) is 3.28. The fourth-order valence-corrected chi connectivity index (χ4v) is 5.66. The Kier molecular flexibility index (Phi) is 6.56. The van der Waals surface area contributed by atoms with Crippen LogP contribution in [-0.4, -0.2) is 55.6 Å². The first kappa shape index (κ1) is 24.3. The summed E-state index contributed by atoms with van der Waals surface area (Å²) >= 11 is 0. The third-order valence-electron chi connectivity index (χ3n) is 4.82. The molecule has 0 atom stereocenters. The Balaban J connectivity index is 1.66. The number of aromatic amines is 1. The minimum Gasteiger partial charge on any atom is -0.366 e. The van der Waals surface area contributed by atoms with Gasteiger partial charge in [-0.2, -0.15) is 36.6 Å². The van der Waals surface area contributed by atoms with Gasteiger partial charge in [-0.3, -0.25) is 4.72 Å². The molecule has 0 aliphatic rings. The van der Waals surface area contributed by atoms with E-state index < -0.39 is 18.1 Å². The standard InChI is InChI=1S/C20H21FN8O4S2/c1-29(2)35(32,33)34(30,31)27-17-9-10-19(22-12-13-3-5-14(21)6-4-13)24-20(17)23-15-7-8-16-18(11-15)26-28-25-16/h3-11,27H,12H2,1-2H3,(H2,22,23,24)(H,25,26,28). The Bertz CT molecular complexity index is 1570. The molecule has 0 saturated carbocycles. The number of nitrogens with zero attached hydrogens (tertiary/aromatic N) is 4. The zero-order valence-corrected chi connectivity index (χ0v) is 20.2. The van der Waals surface area contributed by atoms with Crippen molar-refractivity contribution >= 4 is 52.2 Å². The summed E-state index contributed by atoms with van der Waals surface area (Å²) in [5.41, 5.74) is 2.38. The minimum absolute atomic E-state index is 0.0366. The Hall–Kier alpha value is -3.82.